The van der Waals surface area contributed by atoms with Gasteiger partial charge in [0.05, 0.1) is 17.8 Å². The van der Waals surface area contributed by atoms with Gasteiger partial charge < -0.3 is 15.6 Å². The van der Waals surface area contributed by atoms with E-state index < -0.39 is 5.91 Å². The number of amides is 2. The van der Waals surface area contributed by atoms with Gasteiger partial charge in [-0.2, -0.15) is 0 Å². The summed E-state index contributed by atoms with van der Waals surface area (Å²) in [7, 11) is 0. The quantitative estimate of drug-likeness (QED) is 0.743. The van der Waals surface area contributed by atoms with Crippen LogP contribution in [0.5, 0.6) is 0 Å². The number of primary amides is 1. The van der Waals surface area contributed by atoms with E-state index in [2.05, 4.69) is 14.9 Å². The molecule has 0 fully saturated rings. The van der Waals surface area contributed by atoms with Gasteiger partial charge in [-0.1, -0.05) is 12.1 Å². The van der Waals surface area contributed by atoms with Crippen molar-refractivity contribution in [2.24, 2.45) is 5.73 Å². The first-order chi connectivity index (χ1) is 12.5. The van der Waals surface area contributed by atoms with Crippen LogP contribution >= 0.6 is 0 Å². The molecule has 1 aromatic carbocycles. The van der Waals surface area contributed by atoms with E-state index in [1.165, 1.54) is 0 Å². The lowest BCUT2D eigenvalue weighted by molar-refractivity contribution is 0.0996. The van der Waals surface area contributed by atoms with Gasteiger partial charge in [-0.05, 0) is 50.2 Å². The average Bonchev–Trinajstić information content (AvgIpc) is 2.91. The molecule has 0 aliphatic rings. The smallest absolute Gasteiger partial charge is 0.257 e. The fraction of sp³-hybridized carbons (Fsp3) is 0.150. The van der Waals surface area contributed by atoms with Gasteiger partial charge in [0.15, 0.2) is 0 Å². The molecule has 3 rings (SSSR count). The zero-order valence-corrected chi connectivity index (χ0v) is 14.7. The van der Waals surface area contributed by atoms with Gasteiger partial charge in [-0.15, -0.1) is 0 Å². The first kappa shape index (κ1) is 17.4. The normalized spacial score (nSPS) is 10.5. The van der Waals surface area contributed by atoms with Crippen LogP contribution in [0, 0.1) is 13.8 Å². The highest BCUT2D eigenvalue weighted by atomic mass is 16.2. The Balaban J connectivity index is 1.83. The Kier molecular flexibility index (Phi) is 4.84. The number of nitrogens with two attached hydrogens (primary N) is 1. The first-order valence-electron chi connectivity index (χ1n) is 8.23. The standard InChI is InChI=1S/C20H20N4O2/c1-13-10-18(14(2)24(13)12-17-7-3-4-9-22-17)20(26)23-16-8-5-6-15(11-16)19(21)25/h3-11H,12H2,1-2H3,(H2,21,25)(H,23,26). The van der Waals surface area contributed by atoms with Gasteiger partial charge in [0.1, 0.15) is 0 Å². The first-order valence-corrected chi connectivity index (χ1v) is 8.23. The summed E-state index contributed by atoms with van der Waals surface area (Å²) in [6.07, 6.45) is 1.75. The zero-order valence-electron chi connectivity index (χ0n) is 14.7. The lowest BCUT2D eigenvalue weighted by atomic mass is 10.1. The summed E-state index contributed by atoms with van der Waals surface area (Å²) < 4.78 is 2.05. The third kappa shape index (κ3) is 3.64. The summed E-state index contributed by atoms with van der Waals surface area (Å²) >= 11 is 0. The molecule has 26 heavy (non-hydrogen) atoms. The Morgan fingerprint density at radius 3 is 2.62 bits per heavy atom. The maximum atomic E-state index is 12.7. The minimum Gasteiger partial charge on any atom is -0.366 e. The summed E-state index contributed by atoms with van der Waals surface area (Å²) in [5, 5.41) is 2.82. The second-order valence-electron chi connectivity index (χ2n) is 6.09. The number of nitrogens with zero attached hydrogens (tertiary/aromatic N) is 2. The predicted octanol–water partition coefficient (Wildman–Crippen LogP) is 2.90. The molecule has 2 amide bonds. The molecule has 0 aliphatic heterocycles. The molecule has 0 unspecified atom stereocenters. The van der Waals surface area contributed by atoms with Crippen LogP contribution < -0.4 is 11.1 Å². The SMILES string of the molecule is Cc1cc(C(=O)Nc2cccc(C(N)=O)c2)c(C)n1Cc1ccccn1. The monoisotopic (exact) mass is 348 g/mol. The molecule has 0 aliphatic carbocycles. The molecule has 0 spiro atoms. The Bertz CT molecular complexity index is 961. The van der Waals surface area contributed by atoms with Crippen molar-refractivity contribution >= 4 is 17.5 Å². The van der Waals surface area contributed by atoms with Crippen molar-refractivity contribution in [2.45, 2.75) is 20.4 Å². The van der Waals surface area contributed by atoms with Crippen LogP contribution in [0.15, 0.2) is 54.7 Å². The molecule has 2 aromatic heterocycles. The van der Waals surface area contributed by atoms with E-state index in [1.807, 2.05) is 38.1 Å². The van der Waals surface area contributed by atoms with E-state index in [1.54, 1.807) is 30.5 Å². The van der Waals surface area contributed by atoms with Crippen LogP contribution in [0.4, 0.5) is 5.69 Å². The minimum atomic E-state index is -0.533. The summed E-state index contributed by atoms with van der Waals surface area (Å²) in [5.74, 6) is -0.762. The number of carbonyl (C=O) groups excluding carboxylic acids is 2. The number of benzene rings is 1. The highest BCUT2D eigenvalue weighted by molar-refractivity contribution is 6.06. The largest absolute Gasteiger partial charge is 0.366 e. The Morgan fingerprint density at radius 2 is 1.92 bits per heavy atom. The number of rotatable bonds is 5. The molecule has 0 atom stereocenters. The van der Waals surface area contributed by atoms with Gasteiger partial charge in [0, 0.05) is 28.8 Å². The molecule has 0 bridgehead atoms. The van der Waals surface area contributed by atoms with E-state index in [-0.39, 0.29) is 5.91 Å². The summed E-state index contributed by atoms with van der Waals surface area (Å²) in [6, 6.07) is 14.2. The Hall–Kier alpha value is -3.41. The van der Waals surface area contributed by atoms with E-state index >= 15 is 0 Å². The van der Waals surface area contributed by atoms with Crippen molar-refractivity contribution < 1.29 is 9.59 Å². The molecule has 0 radical (unpaired) electrons. The molecule has 3 N–H and O–H groups in total. The number of anilines is 1. The lowest BCUT2D eigenvalue weighted by Gasteiger charge is -2.10. The minimum absolute atomic E-state index is 0.230. The van der Waals surface area contributed by atoms with Gasteiger partial charge in [-0.3, -0.25) is 14.6 Å². The van der Waals surface area contributed by atoms with Crippen LogP contribution in [0.3, 0.4) is 0 Å². The zero-order chi connectivity index (χ0) is 18.7. The second-order valence-corrected chi connectivity index (χ2v) is 6.09. The van der Waals surface area contributed by atoms with Crippen molar-refractivity contribution in [3.8, 4) is 0 Å². The van der Waals surface area contributed by atoms with Crippen LogP contribution in [-0.4, -0.2) is 21.4 Å². The number of hydrogen-bond acceptors (Lipinski definition) is 3. The third-order valence-electron chi connectivity index (χ3n) is 4.27. The summed E-state index contributed by atoms with van der Waals surface area (Å²) in [6.45, 7) is 4.47. The lowest BCUT2D eigenvalue weighted by Crippen LogP contribution is -2.15. The summed E-state index contributed by atoms with van der Waals surface area (Å²) in [4.78, 5) is 28.3. The topological polar surface area (TPSA) is 90.0 Å². The average molecular weight is 348 g/mol. The maximum Gasteiger partial charge on any atom is 0.257 e. The fourth-order valence-electron chi connectivity index (χ4n) is 2.88. The van der Waals surface area contributed by atoms with E-state index in [0.717, 1.165) is 17.1 Å². The van der Waals surface area contributed by atoms with Crippen molar-refractivity contribution in [2.75, 3.05) is 5.32 Å². The van der Waals surface area contributed by atoms with Crippen molar-refractivity contribution in [1.82, 2.24) is 9.55 Å². The Morgan fingerprint density at radius 1 is 1.12 bits per heavy atom. The van der Waals surface area contributed by atoms with Gasteiger partial charge in [0.2, 0.25) is 5.91 Å². The molecule has 132 valence electrons. The van der Waals surface area contributed by atoms with Crippen LogP contribution in [0.2, 0.25) is 0 Å². The fourth-order valence-corrected chi connectivity index (χ4v) is 2.88. The van der Waals surface area contributed by atoms with Crippen LogP contribution in [0.1, 0.15) is 37.8 Å². The number of nitrogens with one attached hydrogen (secondary N) is 1. The molecule has 6 heteroatoms. The van der Waals surface area contributed by atoms with Gasteiger partial charge in [0.25, 0.3) is 5.91 Å². The molecule has 0 saturated heterocycles. The van der Waals surface area contributed by atoms with Crippen LogP contribution in [0.25, 0.3) is 0 Å². The van der Waals surface area contributed by atoms with Gasteiger partial charge >= 0.3 is 0 Å². The predicted molar refractivity (Wildman–Crippen MR) is 100 cm³/mol. The van der Waals surface area contributed by atoms with Crippen molar-refractivity contribution in [3.05, 3.63) is 82.9 Å². The molecule has 2 heterocycles. The number of pyridine rings is 1. The Labute approximate surface area is 151 Å². The third-order valence-corrected chi connectivity index (χ3v) is 4.27. The molecule has 6 nitrogen and oxygen atoms in total. The molecule has 3 aromatic rings. The van der Waals surface area contributed by atoms with Crippen LogP contribution in [-0.2, 0) is 6.54 Å². The second kappa shape index (κ2) is 7.23. The highest BCUT2D eigenvalue weighted by Gasteiger charge is 2.16. The molecular formula is C20H20N4O2. The number of aryl methyl sites for hydroxylation is 1. The van der Waals surface area contributed by atoms with E-state index in [4.69, 9.17) is 5.73 Å². The van der Waals surface area contributed by atoms with E-state index in [0.29, 0.717) is 23.4 Å². The maximum absolute atomic E-state index is 12.7. The molecule has 0 saturated carbocycles. The van der Waals surface area contributed by atoms with Crippen molar-refractivity contribution in [1.29, 1.82) is 0 Å². The summed E-state index contributed by atoms with van der Waals surface area (Å²) in [5.41, 5.74) is 9.51. The number of carbonyl (C=O) groups is 2. The number of aromatic nitrogens is 2. The van der Waals surface area contributed by atoms with Crippen molar-refractivity contribution in [3.63, 3.8) is 0 Å². The highest BCUT2D eigenvalue weighted by Crippen LogP contribution is 2.19. The molecular weight excluding hydrogens is 328 g/mol. The van der Waals surface area contributed by atoms with Gasteiger partial charge in [-0.25, -0.2) is 0 Å². The number of hydrogen-bond donors (Lipinski definition) is 2. The van der Waals surface area contributed by atoms with E-state index in [9.17, 15) is 9.59 Å².